The van der Waals surface area contributed by atoms with Gasteiger partial charge < -0.3 is 4.42 Å². The van der Waals surface area contributed by atoms with E-state index in [1.165, 1.54) is 20.4 Å². The first-order chi connectivity index (χ1) is 7.91. The van der Waals surface area contributed by atoms with E-state index in [9.17, 15) is 13.2 Å². The molecule has 0 spiro atoms. The van der Waals surface area contributed by atoms with Gasteiger partial charge in [0.15, 0.2) is 0 Å². The van der Waals surface area contributed by atoms with Crippen molar-refractivity contribution in [2.45, 2.75) is 12.2 Å². The fourth-order valence-electron chi connectivity index (χ4n) is 1.96. The lowest BCUT2D eigenvalue weighted by Crippen LogP contribution is -2.33. The maximum absolute atomic E-state index is 13.0. The number of rotatable bonds is 2. The quantitative estimate of drug-likeness (QED) is 0.801. The van der Waals surface area contributed by atoms with Gasteiger partial charge in [-0.2, -0.15) is 13.2 Å². The third kappa shape index (κ3) is 2.15. The summed E-state index contributed by atoms with van der Waals surface area (Å²) in [6, 6.07) is 5.07. The lowest BCUT2D eigenvalue weighted by Gasteiger charge is -2.25. The van der Waals surface area contributed by atoms with Gasteiger partial charge in [-0.25, -0.2) is 0 Å². The van der Waals surface area contributed by atoms with Gasteiger partial charge in [0.25, 0.3) is 0 Å². The molecule has 0 N–H and O–H groups in total. The molecule has 0 fully saturated rings. The van der Waals surface area contributed by atoms with E-state index in [2.05, 4.69) is 0 Å². The summed E-state index contributed by atoms with van der Waals surface area (Å²) in [6.07, 6.45) is -3.14. The van der Waals surface area contributed by atoms with Crippen LogP contribution in [0.25, 0.3) is 11.0 Å². The van der Waals surface area contributed by atoms with Crippen LogP contribution in [0.1, 0.15) is 11.6 Å². The Morgan fingerprint density at radius 2 is 1.82 bits per heavy atom. The highest BCUT2D eigenvalue weighted by atomic mass is 19.4. The molecule has 0 aliphatic heterocycles. The van der Waals surface area contributed by atoms with Crippen LogP contribution in [-0.4, -0.2) is 25.2 Å². The first kappa shape index (κ1) is 12.0. The summed E-state index contributed by atoms with van der Waals surface area (Å²) in [4.78, 5) is 1.14. The van der Waals surface area contributed by atoms with E-state index in [0.29, 0.717) is 11.0 Å². The Morgan fingerprint density at radius 1 is 1.18 bits per heavy atom. The Morgan fingerprint density at radius 3 is 2.41 bits per heavy atom. The largest absolute Gasteiger partial charge is 0.464 e. The number of benzene rings is 1. The maximum atomic E-state index is 13.0. The molecule has 1 heterocycles. The molecule has 92 valence electrons. The normalized spacial score (nSPS) is 14.5. The number of nitrogens with zero attached hydrogens (tertiary/aromatic N) is 1. The van der Waals surface area contributed by atoms with Crippen molar-refractivity contribution in [3.8, 4) is 0 Å². The zero-order valence-electron chi connectivity index (χ0n) is 9.45. The summed E-state index contributed by atoms with van der Waals surface area (Å²) in [5, 5.41) is 0.503. The number of fused-ring (bicyclic) bond motifs is 1. The second-order valence-electron chi connectivity index (χ2n) is 4.09. The first-order valence-corrected chi connectivity index (χ1v) is 5.10. The standard InChI is InChI=1S/C12H12F3NO/c1-16(2)11(12(13,14)15)9-7-17-10-6-4-3-5-8(9)10/h3-7,11H,1-2H3. The van der Waals surface area contributed by atoms with Gasteiger partial charge in [0, 0.05) is 10.9 Å². The zero-order chi connectivity index (χ0) is 12.6. The highest BCUT2D eigenvalue weighted by Crippen LogP contribution is 2.39. The van der Waals surface area contributed by atoms with E-state index in [4.69, 9.17) is 4.42 Å². The Bertz CT molecular complexity index is 516. The molecule has 0 radical (unpaired) electrons. The van der Waals surface area contributed by atoms with Crippen molar-refractivity contribution >= 4 is 11.0 Å². The van der Waals surface area contributed by atoms with E-state index in [1.807, 2.05) is 0 Å². The summed E-state index contributed by atoms with van der Waals surface area (Å²) in [5.41, 5.74) is 0.622. The van der Waals surface area contributed by atoms with E-state index in [0.717, 1.165) is 4.90 Å². The van der Waals surface area contributed by atoms with Crippen LogP contribution in [0.4, 0.5) is 13.2 Å². The first-order valence-electron chi connectivity index (χ1n) is 5.10. The van der Waals surface area contributed by atoms with E-state index >= 15 is 0 Å². The molecule has 2 nitrogen and oxygen atoms in total. The smallest absolute Gasteiger partial charge is 0.408 e. The third-order valence-corrected chi connectivity index (χ3v) is 2.63. The molecule has 1 aromatic heterocycles. The van der Waals surface area contributed by atoms with Crippen molar-refractivity contribution in [3.05, 3.63) is 36.1 Å². The lowest BCUT2D eigenvalue weighted by molar-refractivity contribution is -0.179. The van der Waals surface area contributed by atoms with Crippen LogP contribution >= 0.6 is 0 Å². The molecule has 1 atom stereocenters. The fraction of sp³-hybridized carbons (Fsp3) is 0.333. The average Bonchev–Trinajstić information content (AvgIpc) is 2.60. The molecular formula is C12H12F3NO. The molecule has 2 aromatic rings. The van der Waals surface area contributed by atoms with Crippen LogP contribution in [0, 0.1) is 0 Å². The highest BCUT2D eigenvalue weighted by Gasteiger charge is 2.43. The molecule has 1 unspecified atom stereocenters. The topological polar surface area (TPSA) is 16.4 Å². The fourth-order valence-corrected chi connectivity index (χ4v) is 1.96. The SMILES string of the molecule is CN(C)C(c1coc2ccccc12)C(F)(F)F. The molecule has 2 rings (SSSR count). The van der Waals surface area contributed by atoms with E-state index < -0.39 is 12.2 Å². The lowest BCUT2D eigenvalue weighted by atomic mass is 10.0. The van der Waals surface area contributed by atoms with Crippen molar-refractivity contribution in [1.82, 2.24) is 4.90 Å². The molecule has 0 aliphatic carbocycles. The number of furan rings is 1. The predicted octanol–water partition coefficient (Wildman–Crippen LogP) is 3.60. The summed E-state index contributed by atoms with van der Waals surface area (Å²) in [5.74, 6) is 0. The third-order valence-electron chi connectivity index (χ3n) is 2.63. The second-order valence-corrected chi connectivity index (χ2v) is 4.09. The van der Waals surface area contributed by atoms with Crippen molar-refractivity contribution in [2.75, 3.05) is 14.1 Å². The summed E-state index contributed by atoms with van der Waals surface area (Å²) < 4.78 is 44.1. The number of para-hydroxylation sites is 1. The van der Waals surface area contributed by atoms with E-state index in [1.54, 1.807) is 24.3 Å². The molecule has 0 aliphatic rings. The van der Waals surface area contributed by atoms with Gasteiger partial charge in [-0.05, 0) is 20.2 Å². The molecule has 5 heteroatoms. The van der Waals surface area contributed by atoms with Gasteiger partial charge in [-0.1, -0.05) is 18.2 Å². The van der Waals surface area contributed by atoms with Crippen LogP contribution in [-0.2, 0) is 0 Å². The Balaban J connectivity index is 2.57. The monoisotopic (exact) mass is 243 g/mol. The minimum absolute atomic E-state index is 0.151. The van der Waals surface area contributed by atoms with Crippen LogP contribution in [0.3, 0.4) is 0 Å². The van der Waals surface area contributed by atoms with Crippen molar-refractivity contribution in [3.63, 3.8) is 0 Å². The van der Waals surface area contributed by atoms with Crippen molar-refractivity contribution in [2.24, 2.45) is 0 Å². The van der Waals surface area contributed by atoms with Crippen LogP contribution < -0.4 is 0 Å². The average molecular weight is 243 g/mol. The number of halogens is 3. The minimum atomic E-state index is -4.32. The summed E-state index contributed by atoms with van der Waals surface area (Å²) in [6.45, 7) is 0. The molecule has 0 saturated carbocycles. The molecular weight excluding hydrogens is 231 g/mol. The second kappa shape index (κ2) is 4.07. The Hall–Kier alpha value is -1.49. The number of hydrogen-bond donors (Lipinski definition) is 0. The predicted molar refractivity (Wildman–Crippen MR) is 58.7 cm³/mol. The van der Waals surface area contributed by atoms with Crippen molar-refractivity contribution < 1.29 is 17.6 Å². The van der Waals surface area contributed by atoms with Gasteiger partial charge in [0.2, 0.25) is 0 Å². The molecule has 17 heavy (non-hydrogen) atoms. The maximum Gasteiger partial charge on any atom is 0.408 e. The Labute approximate surface area is 96.6 Å². The van der Waals surface area contributed by atoms with Crippen molar-refractivity contribution in [1.29, 1.82) is 0 Å². The molecule has 1 aromatic carbocycles. The number of hydrogen-bond acceptors (Lipinski definition) is 2. The molecule has 0 saturated heterocycles. The molecule has 0 bridgehead atoms. The van der Waals surface area contributed by atoms with Gasteiger partial charge in [0.1, 0.15) is 11.6 Å². The Kier molecular flexibility index (Phi) is 2.87. The van der Waals surface area contributed by atoms with Crippen LogP contribution in [0.5, 0.6) is 0 Å². The van der Waals surface area contributed by atoms with Crippen LogP contribution in [0.15, 0.2) is 34.9 Å². The van der Waals surface area contributed by atoms with E-state index in [-0.39, 0.29) is 5.56 Å². The minimum Gasteiger partial charge on any atom is -0.464 e. The summed E-state index contributed by atoms with van der Waals surface area (Å²) >= 11 is 0. The number of alkyl halides is 3. The highest BCUT2D eigenvalue weighted by molar-refractivity contribution is 5.81. The van der Waals surface area contributed by atoms with Gasteiger partial charge in [-0.15, -0.1) is 0 Å². The van der Waals surface area contributed by atoms with Gasteiger partial charge >= 0.3 is 6.18 Å². The van der Waals surface area contributed by atoms with Gasteiger partial charge in [0.05, 0.1) is 6.26 Å². The summed E-state index contributed by atoms with van der Waals surface area (Å²) in [7, 11) is 2.81. The molecule has 0 amide bonds. The van der Waals surface area contributed by atoms with Crippen LogP contribution in [0.2, 0.25) is 0 Å². The zero-order valence-corrected chi connectivity index (χ0v) is 9.45. The van der Waals surface area contributed by atoms with Gasteiger partial charge in [-0.3, -0.25) is 4.90 Å².